The first-order chi connectivity index (χ1) is 16.0. The molecule has 1 aliphatic heterocycles. The Balaban J connectivity index is 1.44. The summed E-state index contributed by atoms with van der Waals surface area (Å²) in [7, 11) is 5.30. The monoisotopic (exact) mass is 449 g/mol. The molecule has 1 saturated heterocycles. The number of aromatic nitrogens is 3. The molecule has 5 rings (SSSR count). The van der Waals surface area contributed by atoms with Crippen LogP contribution in [-0.2, 0) is 13.6 Å². The van der Waals surface area contributed by atoms with Gasteiger partial charge in [0.1, 0.15) is 5.65 Å². The third-order valence-electron chi connectivity index (χ3n) is 6.38. The average molecular weight is 450 g/mol. The number of rotatable bonds is 7. The number of carbonyl (C=O) groups is 1. The fourth-order valence-electron chi connectivity index (χ4n) is 4.70. The number of likely N-dealkylation sites (tertiary alicyclic amines) is 1. The number of hydrogen-bond donors (Lipinski definition) is 3. The molecule has 9 nitrogen and oxygen atoms in total. The quantitative estimate of drug-likeness (QED) is 0.399. The highest BCUT2D eigenvalue weighted by atomic mass is 16.5. The van der Waals surface area contributed by atoms with E-state index in [1.165, 1.54) is 5.56 Å². The van der Waals surface area contributed by atoms with Gasteiger partial charge in [-0.1, -0.05) is 0 Å². The minimum absolute atomic E-state index is 0.364. The van der Waals surface area contributed by atoms with Crippen LogP contribution in [0.25, 0.3) is 33.2 Å². The van der Waals surface area contributed by atoms with Crippen LogP contribution >= 0.6 is 0 Å². The number of carboxylic acid groups (broad SMARTS) is 1. The Hall–Kier alpha value is -3.72. The van der Waals surface area contributed by atoms with Crippen LogP contribution in [0.5, 0.6) is 11.5 Å². The van der Waals surface area contributed by atoms with E-state index in [0.29, 0.717) is 24.0 Å². The number of benzene rings is 1. The number of methoxy groups -OCH3 is 2. The molecule has 172 valence electrons. The van der Waals surface area contributed by atoms with Crippen molar-refractivity contribution in [3.05, 3.63) is 42.2 Å². The van der Waals surface area contributed by atoms with E-state index >= 15 is 0 Å². The number of aromatic amines is 1. The summed E-state index contributed by atoms with van der Waals surface area (Å²) in [4.78, 5) is 21.0. The molecule has 0 unspecified atom stereocenters. The van der Waals surface area contributed by atoms with E-state index in [-0.39, 0.29) is 0 Å². The molecule has 0 bridgehead atoms. The zero-order valence-electron chi connectivity index (χ0n) is 18.9. The maximum Gasteiger partial charge on any atom is 0.404 e. The van der Waals surface area contributed by atoms with E-state index in [1.54, 1.807) is 14.2 Å². The molecular formula is C24H27N5O4. The van der Waals surface area contributed by atoms with E-state index in [0.717, 1.165) is 52.8 Å². The fourth-order valence-corrected chi connectivity index (χ4v) is 4.70. The van der Waals surface area contributed by atoms with Crippen LogP contribution in [0.2, 0.25) is 0 Å². The van der Waals surface area contributed by atoms with Crippen LogP contribution in [0.3, 0.4) is 0 Å². The molecule has 0 spiro atoms. The lowest BCUT2D eigenvalue weighted by molar-refractivity contribution is 0.0912. The zero-order chi connectivity index (χ0) is 23.1. The van der Waals surface area contributed by atoms with Gasteiger partial charge < -0.3 is 29.4 Å². The first kappa shape index (κ1) is 21.1. The molecular weight excluding hydrogens is 422 g/mol. The lowest BCUT2D eigenvalue weighted by Gasteiger charge is -2.39. The van der Waals surface area contributed by atoms with Crippen molar-refractivity contribution in [2.45, 2.75) is 6.54 Å². The Kier molecular flexibility index (Phi) is 5.33. The zero-order valence-corrected chi connectivity index (χ0v) is 18.9. The van der Waals surface area contributed by atoms with E-state index < -0.39 is 6.09 Å². The van der Waals surface area contributed by atoms with Crippen molar-refractivity contribution in [3.63, 3.8) is 0 Å². The van der Waals surface area contributed by atoms with Crippen molar-refractivity contribution in [3.8, 4) is 22.8 Å². The summed E-state index contributed by atoms with van der Waals surface area (Å²) < 4.78 is 13.1. The topological polar surface area (TPSA) is 105 Å². The van der Waals surface area contributed by atoms with E-state index in [2.05, 4.69) is 43.1 Å². The summed E-state index contributed by atoms with van der Waals surface area (Å²) in [6.07, 6.45) is 2.97. The van der Waals surface area contributed by atoms with Crippen molar-refractivity contribution >= 4 is 28.0 Å². The number of fused-ring (bicyclic) bond motifs is 2. The maximum absolute atomic E-state index is 10.7. The number of pyridine rings is 1. The normalized spacial score (nSPS) is 14.5. The van der Waals surface area contributed by atoms with Gasteiger partial charge in [0.2, 0.25) is 0 Å². The van der Waals surface area contributed by atoms with Crippen molar-refractivity contribution < 1.29 is 19.4 Å². The van der Waals surface area contributed by atoms with Crippen LogP contribution in [0.1, 0.15) is 5.56 Å². The van der Waals surface area contributed by atoms with E-state index in [4.69, 9.17) is 14.6 Å². The van der Waals surface area contributed by atoms with Crippen LogP contribution < -0.4 is 14.8 Å². The number of nitrogens with zero attached hydrogens (tertiary/aromatic N) is 3. The minimum Gasteiger partial charge on any atom is -0.493 e. The standard InChI is InChI=1S/C24H27N5O4/c1-28-13-18(17-7-21(32-2)22(33-3)8-20(17)28)19-6-16-15(4-5-25-23(16)27-19)12-29-10-14(11-29)9-26-24(30)31/h4-8,13-14,26H,9-12H2,1-3H3,(H,25,27)(H,30,31). The molecule has 1 amide bonds. The Bertz CT molecular complexity index is 1340. The van der Waals surface area contributed by atoms with Gasteiger partial charge in [-0.05, 0) is 23.8 Å². The first-order valence-corrected chi connectivity index (χ1v) is 10.8. The number of H-pyrrole nitrogens is 1. The molecule has 0 radical (unpaired) electrons. The summed E-state index contributed by atoms with van der Waals surface area (Å²) in [5, 5.41) is 13.4. The van der Waals surface area contributed by atoms with Crippen molar-refractivity contribution in [2.24, 2.45) is 13.0 Å². The van der Waals surface area contributed by atoms with Gasteiger partial charge in [0, 0.05) is 79.6 Å². The molecule has 3 aromatic heterocycles. The SMILES string of the molecule is COc1cc2c(-c3cc4c(CN5CC(CNC(=O)O)C5)ccnc4[nH]3)cn(C)c2cc1OC. The second kappa shape index (κ2) is 8.32. The number of amides is 1. The summed E-state index contributed by atoms with van der Waals surface area (Å²) >= 11 is 0. The van der Waals surface area contributed by atoms with Crippen LogP contribution in [0.15, 0.2) is 36.7 Å². The molecule has 3 N–H and O–H groups in total. The summed E-state index contributed by atoms with van der Waals surface area (Å²) in [6, 6.07) is 8.21. The van der Waals surface area contributed by atoms with Crippen molar-refractivity contribution in [2.75, 3.05) is 33.9 Å². The van der Waals surface area contributed by atoms with E-state index in [1.807, 2.05) is 25.4 Å². The van der Waals surface area contributed by atoms with E-state index in [9.17, 15) is 4.79 Å². The summed E-state index contributed by atoms with van der Waals surface area (Å²) in [6.45, 7) is 3.07. The van der Waals surface area contributed by atoms with Crippen LogP contribution in [0, 0.1) is 5.92 Å². The molecule has 33 heavy (non-hydrogen) atoms. The third kappa shape index (κ3) is 3.84. The number of nitrogens with one attached hydrogen (secondary N) is 2. The molecule has 0 saturated carbocycles. The first-order valence-electron chi connectivity index (χ1n) is 10.8. The van der Waals surface area contributed by atoms with Crippen molar-refractivity contribution in [1.82, 2.24) is 24.8 Å². The van der Waals surface area contributed by atoms with Gasteiger partial charge in [-0.15, -0.1) is 0 Å². The lowest BCUT2D eigenvalue weighted by Crippen LogP contribution is -2.50. The molecule has 0 aliphatic carbocycles. The van der Waals surface area contributed by atoms with Crippen LogP contribution in [0.4, 0.5) is 4.79 Å². The molecule has 0 atom stereocenters. The summed E-state index contributed by atoms with van der Waals surface area (Å²) in [5.41, 5.74) is 5.17. The third-order valence-corrected chi connectivity index (χ3v) is 6.38. The smallest absolute Gasteiger partial charge is 0.404 e. The highest BCUT2D eigenvalue weighted by molar-refractivity contribution is 5.99. The second-order valence-corrected chi connectivity index (χ2v) is 8.54. The fraction of sp³-hybridized carbons (Fsp3) is 0.333. The Morgan fingerprint density at radius 1 is 1.21 bits per heavy atom. The largest absolute Gasteiger partial charge is 0.493 e. The molecule has 1 aromatic carbocycles. The highest BCUT2D eigenvalue weighted by Crippen LogP contribution is 2.38. The van der Waals surface area contributed by atoms with Crippen LogP contribution in [-0.4, -0.2) is 64.5 Å². The Morgan fingerprint density at radius 3 is 2.70 bits per heavy atom. The number of ether oxygens (including phenoxy) is 2. The maximum atomic E-state index is 10.7. The predicted molar refractivity (Wildman–Crippen MR) is 126 cm³/mol. The predicted octanol–water partition coefficient (Wildman–Crippen LogP) is 3.44. The van der Waals surface area contributed by atoms with Gasteiger partial charge in [-0.2, -0.15) is 0 Å². The van der Waals surface area contributed by atoms with Gasteiger partial charge in [-0.25, -0.2) is 9.78 Å². The number of hydrogen-bond acceptors (Lipinski definition) is 5. The van der Waals surface area contributed by atoms with Gasteiger partial charge in [0.15, 0.2) is 11.5 Å². The lowest BCUT2D eigenvalue weighted by atomic mass is 9.99. The molecule has 4 heterocycles. The Labute approximate surface area is 190 Å². The molecule has 1 aliphatic rings. The van der Waals surface area contributed by atoms with Gasteiger partial charge in [-0.3, -0.25) is 4.90 Å². The average Bonchev–Trinajstić information content (AvgIpc) is 3.35. The van der Waals surface area contributed by atoms with Crippen molar-refractivity contribution in [1.29, 1.82) is 0 Å². The minimum atomic E-state index is -0.964. The van der Waals surface area contributed by atoms with Gasteiger partial charge in [0.05, 0.1) is 19.7 Å². The summed E-state index contributed by atoms with van der Waals surface area (Å²) in [5.74, 6) is 1.75. The van der Waals surface area contributed by atoms with Gasteiger partial charge >= 0.3 is 6.09 Å². The highest BCUT2D eigenvalue weighted by Gasteiger charge is 2.27. The second-order valence-electron chi connectivity index (χ2n) is 8.54. The Morgan fingerprint density at radius 2 is 1.97 bits per heavy atom. The molecule has 4 aromatic rings. The molecule has 1 fully saturated rings. The number of aryl methyl sites for hydroxylation is 1. The van der Waals surface area contributed by atoms with Gasteiger partial charge in [0.25, 0.3) is 0 Å². The molecule has 9 heteroatoms.